The summed E-state index contributed by atoms with van der Waals surface area (Å²) < 4.78 is 1.91. The summed E-state index contributed by atoms with van der Waals surface area (Å²) in [5.41, 5.74) is 1.42. The van der Waals surface area contributed by atoms with E-state index in [1.807, 2.05) is 6.20 Å². The monoisotopic (exact) mass is 427 g/mol. The fourth-order valence-electron chi connectivity index (χ4n) is 3.94. The zero-order chi connectivity index (χ0) is 19.3. The first-order chi connectivity index (χ1) is 13.0. The number of rotatable bonds is 6. The Bertz CT molecular complexity index is 703. The summed E-state index contributed by atoms with van der Waals surface area (Å²) in [6.07, 6.45) is 4.43. The summed E-state index contributed by atoms with van der Waals surface area (Å²) in [4.78, 5) is 10.0. The molecule has 1 aromatic carbocycles. The van der Waals surface area contributed by atoms with E-state index in [1.165, 1.54) is 41.7 Å². The van der Waals surface area contributed by atoms with Crippen LogP contribution in [0, 0.1) is 0 Å². The molecule has 1 aliphatic heterocycles. The Morgan fingerprint density at radius 3 is 2.41 bits per heavy atom. The molecule has 1 aliphatic rings. The number of benzene rings is 1. The van der Waals surface area contributed by atoms with Crippen molar-refractivity contribution in [2.24, 2.45) is 0 Å². The van der Waals surface area contributed by atoms with E-state index in [1.54, 1.807) is 0 Å². The Balaban J connectivity index is 1.66. The molecule has 1 unspecified atom stereocenters. The summed E-state index contributed by atoms with van der Waals surface area (Å²) >= 11 is -0.212. The molecule has 1 saturated heterocycles. The van der Waals surface area contributed by atoms with Crippen molar-refractivity contribution in [2.45, 2.75) is 57.3 Å². The van der Waals surface area contributed by atoms with Crippen molar-refractivity contribution < 1.29 is 0 Å². The van der Waals surface area contributed by atoms with Gasteiger partial charge in [0.25, 0.3) is 0 Å². The molecule has 0 amide bonds. The zero-order valence-corrected chi connectivity index (χ0v) is 19.4. The number of aromatic nitrogens is 1. The van der Waals surface area contributed by atoms with Crippen LogP contribution in [0.2, 0.25) is 4.20 Å². The quantitative estimate of drug-likeness (QED) is 0.653. The summed E-state index contributed by atoms with van der Waals surface area (Å²) in [7, 11) is 0. The maximum atomic E-state index is 4.84. The average Bonchev–Trinajstić information content (AvgIpc) is 2.65. The minimum atomic E-state index is -0.212. The van der Waals surface area contributed by atoms with Crippen molar-refractivity contribution in [2.75, 3.05) is 24.5 Å². The van der Waals surface area contributed by atoms with Gasteiger partial charge in [0.2, 0.25) is 0 Å². The third-order valence-corrected chi connectivity index (χ3v) is 8.11. The molecule has 2 aromatic rings. The standard InChI is InChI=1S/C23H34AsN3/c1-5-27(22-21(12-9-15-25-22)24-23(2,3)4)20-13-16-26(17-14-20)18-19-10-7-6-8-11-19/h6-12,15,20,24H,5,13-14,16-18H2,1-4H3. The van der Waals surface area contributed by atoms with E-state index in [0.29, 0.717) is 10.2 Å². The van der Waals surface area contributed by atoms with E-state index in [9.17, 15) is 0 Å². The summed E-state index contributed by atoms with van der Waals surface area (Å²) in [6, 6.07) is 15.9. The first-order valence-corrected chi connectivity index (χ1v) is 12.3. The van der Waals surface area contributed by atoms with Crippen molar-refractivity contribution in [3.8, 4) is 0 Å². The minimum absolute atomic E-state index is 0.212. The Labute approximate surface area is 171 Å². The topological polar surface area (TPSA) is 19.4 Å². The molecule has 1 aromatic heterocycles. The summed E-state index contributed by atoms with van der Waals surface area (Å²) in [5, 5.41) is 0. The molecule has 2 heterocycles. The van der Waals surface area contributed by atoms with Gasteiger partial charge in [-0.3, -0.25) is 0 Å². The molecular formula is C23H34AsN3. The predicted molar refractivity (Wildman–Crippen MR) is 118 cm³/mol. The normalized spacial score (nSPS) is 16.9. The van der Waals surface area contributed by atoms with Crippen molar-refractivity contribution in [1.29, 1.82) is 0 Å². The number of hydrogen-bond acceptors (Lipinski definition) is 3. The molecule has 0 aliphatic carbocycles. The molecule has 0 spiro atoms. The van der Waals surface area contributed by atoms with Crippen LogP contribution in [0.3, 0.4) is 0 Å². The Morgan fingerprint density at radius 2 is 1.78 bits per heavy atom. The first kappa shape index (κ1) is 20.4. The van der Waals surface area contributed by atoms with Crippen molar-refractivity contribution in [3.63, 3.8) is 0 Å². The van der Waals surface area contributed by atoms with Crippen LogP contribution in [0.15, 0.2) is 48.7 Å². The molecule has 0 saturated carbocycles. The molecule has 0 radical (unpaired) electrons. The number of anilines is 1. The van der Waals surface area contributed by atoms with E-state index in [-0.39, 0.29) is 15.8 Å². The van der Waals surface area contributed by atoms with Gasteiger partial charge in [0.05, 0.1) is 0 Å². The molecule has 3 nitrogen and oxygen atoms in total. The van der Waals surface area contributed by atoms with Crippen LogP contribution < -0.4 is 9.25 Å². The van der Waals surface area contributed by atoms with Crippen LogP contribution in [0.25, 0.3) is 0 Å². The van der Waals surface area contributed by atoms with Crippen molar-refractivity contribution in [1.82, 2.24) is 9.88 Å². The summed E-state index contributed by atoms with van der Waals surface area (Å²) in [6.45, 7) is 13.8. The third-order valence-electron chi connectivity index (χ3n) is 5.16. The van der Waals surface area contributed by atoms with Gasteiger partial charge in [-0.1, -0.05) is 0 Å². The zero-order valence-electron chi connectivity index (χ0n) is 17.3. The van der Waals surface area contributed by atoms with Gasteiger partial charge in [-0.25, -0.2) is 0 Å². The molecule has 1 fully saturated rings. The van der Waals surface area contributed by atoms with Crippen LogP contribution in [0.5, 0.6) is 0 Å². The van der Waals surface area contributed by atoms with Crippen LogP contribution in [-0.4, -0.2) is 51.3 Å². The Hall–Kier alpha value is -1.31. The van der Waals surface area contributed by atoms with E-state index >= 15 is 0 Å². The Kier molecular flexibility index (Phi) is 7.00. The van der Waals surface area contributed by atoms with Gasteiger partial charge in [0, 0.05) is 0 Å². The van der Waals surface area contributed by atoms with Crippen LogP contribution in [0.1, 0.15) is 46.1 Å². The predicted octanol–water partition coefficient (Wildman–Crippen LogP) is 3.85. The molecule has 146 valence electrons. The van der Waals surface area contributed by atoms with Gasteiger partial charge in [0.1, 0.15) is 0 Å². The molecule has 0 bridgehead atoms. The van der Waals surface area contributed by atoms with Crippen LogP contribution >= 0.6 is 0 Å². The fraction of sp³-hybridized carbons (Fsp3) is 0.522. The number of likely N-dealkylation sites (tertiary alicyclic amines) is 1. The van der Waals surface area contributed by atoms with E-state index in [2.05, 4.69) is 80.0 Å². The Morgan fingerprint density at radius 1 is 1.07 bits per heavy atom. The van der Waals surface area contributed by atoms with Gasteiger partial charge in [-0.05, 0) is 0 Å². The average molecular weight is 427 g/mol. The fourth-order valence-corrected chi connectivity index (χ4v) is 6.68. The second kappa shape index (κ2) is 9.26. The molecular weight excluding hydrogens is 393 g/mol. The molecule has 1 atom stereocenters. The molecule has 4 heteroatoms. The van der Waals surface area contributed by atoms with Gasteiger partial charge in [0.15, 0.2) is 0 Å². The van der Waals surface area contributed by atoms with Gasteiger partial charge in [-0.2, -0.15) is 0 Å². The number of piperidine rings is 1. The maximum absolute atomic E-state index is 4.84. The SMILES string of the molecule is CCN(c1ncccc1[AsH]C(C)(C)C)C1CCN(Cc2ccccc2)CC1. The third kappa shape index (κ3) is 5.83. The van der Waals surface area contributed by atoms with Crippen molar-refractivity contribution in [3.05, 3.63) is 54.2 Å². The van der Waals surface area contributed by atoms with E-state index in [0.717, 1.165) is 13.1 Å². The summed E-state index contributed by atoms with van der Waals surface area (Å²) in [5.74, 6) is 1.26. The number of hydrogen-bond donors (Lipinski definition) is 0. The molecule has 27 heavy (non-hydrogen) atoms. The first-order valence-electron chi connectivity index (χ1n) is 10.2. The van der Waals surface area contributed by atoms with Crippen molar-refractivity contribution >= 4 is 25.9 Å². The van der Waals surface area contributed by atoms with E-state index in [4.69, 9.17) is 4.98 Å². The van der Waals surface area contributed by atoms with Gasteiger partial charge in [-0.15, -0.1) is 0 Å². The number of nitrogens with zero attached hydrogens (tertiary/aromatic N) is 3. The van der Waals surface area contributed by atoms with E-state index < -0.39 is 0 Å². The van der Waals surface area contributed by atoms with Crippen LogP contribution in [0.4, 0.5) is 5.82 Å². The molecule has 0 N–H and O–H groups in total. The second-order valence-electron chi connectivity index (χ2n) is 8.53. The van der Waals surface area contributed by atoms with Gasteiger partial charge >= 0.3 is 172 Å². The number of pyridine rings is 1. The molecule has 3 rings (SSSR count). The van der Waals surface area contributed by atoms with Gasteiger partial charge < -0.3 is 0 Å². The second-order valence-corrected chi connectivity index (χ2v) is 13.3. The van der Waals surface area contributed by atoms with Crippen LogP contribution in [-0.2, 0) is 6.54 Å².